The van der Waals surface area contributed by atoms with E-state index < -0.39 is 5.97 Å². The Morgan fingerprint density at radius 2 is 1.28 bits per heavy atom. The smallest absolute Gasteiger partial charge is 0.336 e. The summed E-state index contributed by atoms with van der Waals surface area (Å²) in [7, 11) is 0. The summed E-state index contributed by atoms with van der Waals surface area (Å²) in [6.45, 7) is 0.480. The monoisotopic (exact) mass is 475 g/mol. The quantitative estimate of drug-likeness (QED) is 0.149. The van der Waals surface area contributed by atoms with Gasteiger partial charge in [0.1, 0.15) is 18.1 Å². The summed E-state index contributed by atoms with van der Waals surface area (Å²) >= 11 is 0. The number of carbonyl (C=O) groups excluding carboxylic acids is 3. The number of rotatable bonds is 7. The van der Waals surface area contributed by atoms with E-state index in [0.29, 0.717) is 29.2 Å². The molecule has 0 unspecified atom stereocenters. The predicted octanol–water partition coefficient (Wildman–Crippen LogP) is 5.69. The highest BCUT2D eigenvalue weighted by molar-refractivity contribution is 6.34. The molecule has 0 saturated heterocycles. The number of nitrogens with zero attached hydrogens (tertiary/aromatic N) is 1. The molecule has 0 fully saturated rings. The van der Waals surface area contributed by atoms with Crippen molar-refractivity contribution in [3.8, 4) is 11.5 Å². The van der Waals surface area contributed by atoms with Crippen LogP contribution >= 0.6 is 0 Å². The average Bonchev–Trinajstić information content (AvgIpc) is 3.18. The van der Waals surface area contributed by atoms with Crippen LogP contribution in [0, 0.1) is 0 Å². The molecule has 4 aromatic carbocycles. The van der Waals surface area contributed by atoms with Crippen LogP contribution in [0.4, 0.5) is 5.69 Å². The molecular weight excluding hydrogens is 454 g/mol. The lowest BCUT2D eigenvalue weighted by Gasteiger charge is -2.14. The summed E-state index contributed by atoms with van der Waals surface area (Å²) < 4.78 is 11.1. The molecule has 1 heterocycles. The Morgan fingerprint density at radius 1 is 0.694 bits per heavy atom. The Morgan fingerprint density at radius 3 is 1.92 bits per heavy atom. The van der Waals surface area contributed by atoms with Crippen molar-refractivity contribution in [2.24, 2.45) is 0 Å². The fraction of sp³-hybridized carbons (Fsp3) is 0.0333. The molecule has 2 amide bonds. The van der Waals surface area contributed by atoms with E-state index in [0.717, 1.165) is 21.8 Å². The number of hydrogen-bond acceptors (Lipinski definition) is 5. The minimum absolute atomic E-state index is 0.301. The molecule has 6 heteroatoms. The minimum atomic E-state index is -0.548. The van der Waals surface area contributed by atoms with Crippen LogP contribution in [0.15, 0.2) is 109 Å². The summed E-state index contributed by atoms with van der Waals surface area (Å²) in [6, 6.07) is 30.2. The minimum Gasteiger partial charge on any atom is -0.489 e. The lowest BCUT2D eigenvalue weighted by molar-refractivity contribution is -0.128. The van der Waals surface area contributed by atoms with Gasteiger partial charge in [-0.1, -0.05) is 54.6 Å². The first-order valence-electron chi connectivity index (χ1n) is 11.3. The van der Waals surface area contributed by atoms with Crippen LogP contribution in [0.1, 0.15) is 31.8 Å². The van der Waals surface area contributed by atoms with E-state index >= 15 is 0 Å². The summed E-state index contributed by atoms with van der Waals surface area (Å²) in [6.07, 6.45) is 2.98. The first-order chi connectivity index (χ1) is 17.6. The van der Waals surface area contributed by atoms with Gasteiger partial charge in [0.15, 0.2) is 0 Å². The van der Waals surface area contributed by atoms with E-state index in [2.05, 4.69) is 0 Å². The molecule has 4 aromatic rings. The van der Waals surface area contributed by atoms with Gasteiger partial charge < -0.3 is 9.47 Å². The summed E-state index contributed by atoms with van der Waals surface area (Å²) in [5.41, 5.74) is 3.06. The van der Waals surface area contributed by atoms with Crippen LogP contribution < -0.4 is 14.4 Å². The van der Waals surface area contributed by atoms with Gasteiger partial charge in [-0.15, -0.1) is 0 Å². The van der Waals surface area contributed by atoms with Crippen molar-refractivity contribution in [2.75, 3.05) is 4.90 Å². The number of ether oxygens (including phenoxy) is 2. The van der Waals surface area contributed by atoms with Crippen molar-refractivity contribution in [1.29, 1.82) is 0 Å². The molecule has 6 nitrogen and oxygen atoms in total. The van der Waals surface area contributed by atoms with Gasteiger partial charge in [0.05, 0.1) is 16.8 Å². The van der Waals surface area contributed by atoms with E-state index in [9.17, 15) is 14.4 Å². The maximum absolute atomic E-state index is 12.6. The van der Waals surface area contributed by atoms with E-state index in [1.54, 1.807) is 54.6 Å². The number of benzene rings is 4. The lowest BCUT2D eigenvalue weighted by Crippen LogP contribution is -2.29. The standard InChI is InChI=1S/C30H21NO5/c32-28(19-12-21-10-15-24(16-11-21)35-20-22-6-2-1-3-7-22)36-25-17-13-23(14-18-25)31-29(33)26-8-4-5-9-27(26)30(31)34/h1-19H,20H2/b19-12+. The molecule has 1 aliphatic rings. The second-order valence-corrected chi connectivity index (χ2v) is 8.08. The Kier molecular flexibility index (Phi) is 6.40. The highest BCUT2D eigenvalue weighted by atomic mass is 16.5. The first-order valence-corrected chi connectivity index (χ1v) is 11.3. The predicted molar refractivity (Wildman–Crippen MR) is 136 cm³/mol. The second-order valence-electron chi connectivity index (χ2n) is 8.08. The van der Waals surface area contributed by atoms with Crippen LogP contribution in [-0.4, -0.2) is 17.8 Å². The van der Waals surface area contributed by atoms with Crippen LogP contribution in [0.5, 0.6) is 11.5 Å². The van der Waals surface area contributed by atoms with Gasteiger partial charge in [-0.25, -0.2) is 9.69 Å². The number of amides is 2. The Hall–Kier alpha value is -4.97. The number of esters is 1. The summed E-state index contributed by atoms with van der Waals surface area (Å²) in [5, 5.41) is 0. The highest BCUT2D eigenvalue weighted by Crippen LogP contribution is 2.29. The lowest BCUT2D eigenvalue weighted by atomic mass is 10.1. The van der Waals surface area contributed by atoms with E-state index in [1.165, 1.54) is 6.08 Å². The zero-order valence-electron chi connectivity index (χ0n) is 19.2. The number of anilines is 1. The van der Waals surface area contributed by atoms with Crippen LogP contribution in [0.2, 0.25) is 0 Å². The van der Waals surface area contributed by atoms with Gasteiger partial charge in [0.2, 0.25) is 0 Å². The molecule has 0 radical (unpaired) electrons. The third-order valence-electron chi connectivity index (χ3n) is 5.65. The fourth-order valence-electron chi connectivity index (χ4n) is 3.82. The first kappa shape index (κ1) is 22.8. The van der Waals surface area contributed by atoms with Crippen molar-refractivity contribution in [1.82, 2.24) is 0 Å². The van der Waals surface area contributed by atoms with Crippen molar-refractivity contribution >= 4 is 29.5 Å². The van der Waals surface area contributed by atoms with E-state index in [1.807, 2.05) is 54.6 Å². The topological polar surface area (TPSA) is 72.9 Å². The molecule has 176 valence electrons. The van der Waals surface area contributed by atoms with Crippen LogP contribution in [-0.2, 0) is 11.4 Å². The largest absolute Gasteiger partial charge is 0.489 e. The molecule has 0 saturated carbocycles. The van der Waals surface area contributed by atoms with Gasteiger partial charge in [-0.2, -0.15) is 0 Å². The second kappa shape index (κ2) is 10.1. The average molecular weight is 476 g/mol. The highest BCUT2D eigenvalue weighted by Gasteiger charge is 2.36. The maximum Gasteiger partial charge on any atom is 0.336 e. The van der Waals surface area contributed by atoms with Crippen molar-refractivity contribution < 1.29 is 23.9 Å². The molecule has 0 aromatic heterocycles. The van der Waals surface area contributed by atoms with Gasteiger partial charge in [0, 0.05) is 6.08 Å². The Balaban J connectivity index is 1.16. The third kappa shape index (κ3) is 4.93. The SMILES string of the molecule is O=C(/C=C/c1ccc(OCc2ccccc2)cc1)Oc1ccc(N2C(=O)c3ccccc3C2=O)cc1. The summed E-state index contributed by atoms with van der Waals surface area (Å²) in [5.74, 6) is -0.265. The van der Waals surface area contributed by atoms with Gasteiger partial charge >= 0.3 is 5.97 Å². The zero-order chi connectivity index (χ0) is 24.9. The molecule has 36 heavy (non-hydrogen) atoms. The number of carbonyl (C=O) groups is 3. The number of imide groups is 1. The fourth-order valence-corrected chi connectivity index (χ4v) is 3.82. The van der Waals surface area contributed by atoms with Crippen molar-refractivity contribution in [3.05, 3.63) is 131 Å². The third-order valence-corrected chi connectivity index (χ3v) is 5.65. The van der Waals surface area contributed by atoms with Crippen molar-refractivity contribution in [3.63, 3.8) is 0 Å². The van der Waals surface area contributed by atoms with Gasteiger partial charge in [0.25, 0.3) is 11.8 Å². The maximum atomic E-state index is 12.6. The molecule has 0 atom stereocenters. The zero-order valence-corrected chi connectivity index (χ0v) is 19.2. The summed E-state index contributed by atoms with van der Waals surface area (Å²) in [4.78, 5) is 38.6. The van der Waals surface area contributed by atoms with Gasteiger partial charge in [-0.05, 0) is 65.7 Å². The number of hydrogen-bond donors (Lipinski definition) is 0. The van der Waals surface area contributed by atoms with Gasteiger partial charge in [-0.3, -0.25) is 9.59 Å². The molecule has 0 spiro atoms. The normalized spacial score (nSPS) is 12.6. The van der Waals surface area contributed by atoms with Crippen LogP contribution in [0.25, 0.3) is 6.08 Å². The molecule has 0 aliphatic carbocycles. The number of fused-ring (bicyclic) bond motifs is 1. The molecular formula is C30H21NO5. The Labute approximate surface area is 208 Å². The van der Waals surface area contributed by atoms with E-state index in [-0.39, 0.29) is 11.8 Å². The molecule has 0 N–H and O–H groups in total. The van der Waals surface area contributed by atoms with Crippen LogP contribution in [0.3, 0.4) is 0 Å². The van der Waals surface area contributed by atoms with Crippen molar-refractivity contribution in [2.45, 2.75) is 6.61 Å². The molecule has 5 rings (SSSR count). The molecule has 0 bridgehead atoms. The Bertz CT molecular complexity index is 1410. The van der Waals surface area contributed by atoms with E-state index in [4.69, 9.17) is 9.47 Å². The molecule has 1 aliphatic heterocycles.